The fourth-order valence-electron chi connectivity index (χ4n) is 0.916. The van der Waals surface area contributed by atoms with Gasteiger partial charge in [0.15, 0.2) is 0 Å². The molecule has 2 N–H and O–H groups in total. The maximum absolute atomic E-state index is 12.5. The van der Waals surface area contributed by atoms with Crippen LogP contribution in [0.5, 0.6) is 5.75 Å². The zero-order valence-corrected chi connectivity index (χ0v) is 8.53. The van der Waals surface area contributed by atoms with Gasteiger partial charge in [0.05, 0.1) is 0 Å². The van der Waals surface area contributed by atoms with Gasteiger partial charge in [-0.2, -0.15) is 0 Å². The van der Waals surface area contributed by atoms with E-state index < -0.39 is 0 Å². The Labute approximate surface area is 83.9 Å². The minimum absolute atomic E-state index is 0.0139. The second-order valence-corrected chi connectivity index (χ2v) is 3.67. The lowest BCUT2D eigenvalue weighted by atomic mass is 10.1. The van der Waals surface area contributed by atoms with Crippen LogP contribution in [0.2, 0.25) is 0 Å². The molecule has 0 spiro atoms. The van der Waals surface area contributed by atoms with E-state index in [2.05, 4.69) is 0 Å². The van der Waals surface area contributed by atoms with Crippen LogP contribution in [0.25, 0.3) is 0 Å². The number of halogens is 1. The molecule has 78 valence electrons. The summed E-state index contributed by atoms with van der Waals surface area (Å²) in [6, 6.07) is 5.96. The van der Waals surface area contributed by atoms with Gasteiger partial charge in [-0.1, -0.05) is 13.8 Å². The van der Waals surface area contributed by atoms with Crippen LogP contribution in [-0.4, -0.2) is 12.6 Å². The average Bonchev–Trinajstić information content (AvgIpc) is 2.16. The summed E-state index contributed by atoms with van der Waals surface area (Å²) >= 11 is 0. The van der Waals surface area contributed by atoms with E-state index in [1.54, 1.807) is 12.1 Å². The fourth-order valence-corrected chi connectivity index (χ4v) is 0.916. The van der Waals surface area contributed by atoms with Gasteiger partial charge in [-0.25, -0.2) is 4.39 Å². The lowest BCUT2D eigenvalue weighted by Gasteiger charge is -2.16. The van der Waals surface area contributed by atoms with Gasteiger partial charge < -0.3 is 10.5 Å². The highest BCUT2D eigenvalue weighted by Gasteiger charge is 2.07. The first-order chi connectivity index (χ1) is 6.59. The summed E-state index contributed by atoms with van der Waals surface area (Å²) in [6.45, 7) is 4.54. The van der Waals surface area contributed by atoms with Crippen molar-refractivity contribution in [3.63, 3.8) is 0 Å². The third-order valence-electron chi connectivity index (χ3n) is 2.11. The van der Waals surface area contributed by atoms with E-state index in [1.165, 1.54) is 12.1 Å². The normalized spacial score (nSPS) is 12.9. The first-order valence-electron chi connectivity index (χ1n) is 4.73. The molecule has 0 aliphatic rings. The summed E-state index contributed by atoms with van der Waals surface area (Å²) in [7, 11) is 0. The van der Waals surface area contributed by atoms with E-state index in [0.29, 0.717) is 18.3 Å². The van der Waals surface area contributed by atoms with Crippen molar-refractivity contribution < 1.29 is 9.13 Å². The number of rotatable bonds is 4. The van der Waals surface area contributed by atoms with Crippen LogP contribution in [0.1, 0.15) is 13.8 Å². The average molecular weight is 197 g/mol. The Bertz CT molecular complexity index is 271. The lowest BCUT2D eigenvalue weighted by molar-refractivity contribution is 0.259. The van der Waals surface area contributed by atoms with Gasteiger partial charge in [0, 0.05) is 6.04 Å². The van der Waals surface area contributed by atoms with E-state index in [4.69, 9.17) is 10.5 Å². The minimum atomic E-state index is -0.259. The number of nitrogens with two attached hydrogens (primary N) is 1. The number of hydrogen-bond acceptors (Lipinski definition) is 2. The Morgan fingerprint density at radius 1 is 1.29 bits per heavy atom. The molecular weight excluding hydrogens is 181 g/mol. The fraction of sp³-hybridized carbons (Fsp3) is 0.455. The van der Waals surface area contributed by atoms with Crippen LogP contribution in [-0.2, 0) is 0 Å². The van der Waals surface area contributed by atoms with Crippen LogP contribution in [0.4, 0.5) is 4.39 Å². The van der Waals surface area contributed by atoms with Crippen LogP contribution < -0.4 is 10.5 Å². The Balaban J connectivity index is 2.42. The number of ether oxygens (including phenoxy) is 1. The predicted octanol–water partition coefficient (Wildman–Crippen LogP) is 2.19. The van der Waals surface area contributed by atoms with Gasteiger partial charge in [0.1, 0.15) is 18.2 Å². The molecule has 1 rings (SSSR count). The number of hydrogen-bond donors (Lipinski definition) is 1. The Morgan fingerprint density at radius 3 is 2.36 bits per heavy atom. The van der Waals surface area contributed by atoms with Gasteiger partial charge in [0.2, 0.25) is 0 Å². The second-order valence-electron chi connectivity index (χ2n) is 3.67. The van der Waals surface area contributed by atoms with Gasteiger partial charge in [0.25, 0.3) is 0 Å². The quantitative estimate of drug-likeness (QED) is 0.803. The Kier molecular flexibility index (Phi) is 3.89. The summed E-state index contributed by atoms with van der Waals surface area (Å²) in [5, 5.41) is 0. The topological polar surface area (TPSA) is 35.2 Å². The molecular formula is C11H16FNO. The van der Waals surface area contributed by atoms with Crippen LogP contribution in [0.3, 0.4) is 0 Å². The predicted molar refractivity (Wildman–Crippen MR) is 54.7 cm³/mol. The standard InChI is InChI=1S/C11H16FNO/c1-8(2)11(13)7-14-10-5-3-9(12)4-6-10/h3-6,8,11H,7,13H2,1-2H3/t11-/m1/s1. The second kappa shape index (κ2) is 4.96. The summed E-state index contributed by atoms with van der Waals surface area (Å²) < 4.78 is 17.9. The van der Waals surface area contributed by atoms with Crippen molar-refractivity contribution in [2.24, 2.45) is 11.7 Å². The highest BCUT2D eigenvalue weighted by molar-refractivity contribution is 5.22. The molecule has 14 heavy (non-hydrogen) atoms. The molecule has 3 heteroatoms. The van der Waals surface area contributed by atoms with Crippen molar-refractivity contribution in [3.8, 4) is 5.75 Å². The third-order valence-corrected chi connectivity index (χ3v) is 2.11. The molecule has 0 saturated carbocycles. The Morgan fingerprint density at radius 2 is 1.86 bits per heavy atom. The molecule has 0 amide bonds. The molecule has 1 atom stereocenters. The first kappa shape index (κ1) is 11.0. The maximum atomic E-state index is 12.5. The van der Waals surface area contributed by atoms with E-state index in [0.717, 1.165) is 0 Å². The van der Waals surface area contributed by atoms with Gasteiger partial charge in [-0.05, 0) is 30.2 Å². The summed E-state index contributed by atoms with van der Waals surface area (Å²) in [4.78, 5) is 0. The molecule has 0 fully saturated rings. The van der Waals surface area contributed by atoms with Crippen molar-refractivity contribution in [2.45, 2.75) is 19.9 Å². The molecule has 0 aromatic heterocycles. The van der Waals surface area contributed by atoms with Crippen LogP contribution in [0, 0.1) is 11.7 Å². The van der Waals surface area contributed by atoms with E-state index in [1.807, 2.05) is 13.8 Å². The summed E-state index contributed by atoms with van der Waals surface area (Å²) in [5.41, 5.74) is 5.80. The molecule has 0 bridgehead atoms. The van der Waals surface area contributed by atoms with E-state index in [9.17, 15) is 4.39 Å². The maximum Gasteiger partial charge on any atom is 0.123 e. The lowest BCUT2D eigenvalue weighted by Crippen LogP contribution is -2.32. The van der Waals surface area contributed by atoms with Gasteiger partial charge in [-0.15, -0.1) is 0 Å². The monoisotopic (exact) mass is 197 g/mol. The van der Waals surface area contributed by atoms with E-state index in [-0.39, 0.29) is 11.9 Å². The largest absolute Gasteiger partial charge is 0.492 e. The van der Waals surface area contributed by atoms with Gasteiger partial charge in [-0.3, -0.25) is 0 Å². The molecule has 2 nitrogen and oxygen atoms in total. The SMILES string of the molecule is CC(C)[C@H](N)COc1ccc(F)cc1. The van der Waals surface area contributed by atoms with Crippen molar-refractivity contribution in [1.29, 1.82) is 0 Å². The van der Waals surface area contributed by atoms with Gasteiger partial charge >= 0.3 is 0 Å². The molecule has 0 aliphatic heterocycles. The van der Waals surface area contributed by atoms with E-state index >= 15 is 0 Å². The summed E-state index contributed by atoms with van der Waals surface area (Å²) in [5.74, 6) is 0.781. The smallest absolute Gasteiger partial charge is 0.123 e. The highest BCUT2D eigenvalue weighted by Crippen LogP contribution is 2.11. The van der Waals surface area contributed by atoms with Crippen molar-refractivity contribution in [2.75, 3.05) is 6.61 Å². The van der Waals surface area contributed by atoms with Crippen molar-refractivity contribution in [3.05, 3.63) is 30.1 Å². The molecule has 0 heterocycles. The van der Waals surface area contributed by atoms with Crippen molar-refractivity contribution >= 4 is 0 Å². The number of benzene rings is 1. The third kappa shape index (κ3) is 3.34. The van der Waals surface area contributed by atoms with Crippen LogP contribution in [0.15, 0.2) is 24.3 Å². The molecule has 1 aromatic carbocycles. The molecule has 0 unspecified atom stereocenters. The molecule has 0 radical (unpaired) electrons. The molecule has 1 aromatic rings. The zero-order valence-electron chi connectivity index (χ0n) is 8.53. The highest BCUT2D eigenvalue weighted by atomic mass is 19.1. The summed E-state index contributed by atoms with van der Waals surface area (Å²) in [6.07, 6.45) is 0. The minimum Gasteiger partial charge on any atom is -0.492 e. The molecule has 0 aliphatic carbocycles. The van der Waals surface area contributed by atoms with Crippen LogP contribution >= 0.6 is 0 Å². The van der Waals surface area contributed by atoms with Crippen molar-refractivity contribution in [1.82, 2.24) is 0 Å². The first-order valence-corrected chi connectivity index (χ1v) is 4.73. The molecule has 0 saturated heterocycles. The zero-order chi connectivity index (χ0) is 10.6. The Hall–Kier alpha value is -1.09.